The van der Waals surface area contributed by atoms with Gasteiger partial charge in [0.05, 0.1) is 46.6 Å². The number of fused-ring (bicyclic) bond motifs is 1. The van der Waals surface area contributed by atoms with Crippen LogP contribution in [-0.2, 0) is 6.54 Å². The summed E-state index contributed by atoms with van der Waals surface area (Å²) in [5.74, 6) is -0.187. The number of nitriles is 2. The number of aromatic nitrogens is 6. The van der Waals surface area contributed by atoms with Gasteiger partial charge in [-0.15, -0.1) is 0 Å². The Morgan fingerprint density at radius 1 is 1.11 bits per heavy atom. The maximum atomic E-state index is 13.8. The van der Waals surface area contributed by atoms with Crippen LogP contribution in [0.15, 0.2) is 37.1 Å². The van der Waals surface area contributed by atoms with Crippen molar-refractivity contribution in [3.05, 3.63) is 54.0 Å². The molecule has 1 aliphatic carbocycles. The van der Waals surface area contributed by atoms with Crippen LogP contribution in [0.5, 0.6) is 0 Å². The van der Waals surface area contributed by atoms with Crippen LogP contribution in [-0.4, -0.2) is 41.8 Å². The van der Waals surface area contributed by atoms with Crippen molar-refractivity contribution in [3.63, 3.8) is 0 Å². The van der Waals surface area contributed by atoms with Crippen molar-refractivity contribution in [1.29, 1.82) is 10.5 Å². The van der Waals surface area contributed by atoms with Gasteiger partial charge in [0.25, 0.3) is 6.43 Å². The SMILES string of the molecule is N#Cc1cnc(N[C@@H]2CCC[C@H](n3cnc4cc(F)cc(C#N)c43)C2)nc1-c1cnn(CC(F)F)c1. The highest BCUT2D eigenvalue weighted by molar-refractivity contribution is 5.82. The van der Waals surface area contributed by atoms with Crippen molar-refractivity contribution in [3.8, 4) is 23.4 Å². The number of nitrogens with one attached hydrogen (secondary N) is 1. The van der Waals surface area contributed by atoms with Crippen LogP contribution in [0.3, 0.4) is 0 Å². The van der Waals surface area contributed by atoms with Crippen LogP contribution in [0.4, 0.5) is 19.1 Å². The fourth-order valence-electron chi connectivity index (χ4n) is 4.71. The molecule has 4 aromatic rings. The maximum Gasteiger partial charge on any atom is 0.257 e. The molecule has 2 atom stereocenters. The molecular weight excluding hydrogens is 471 g/mol. The zero-order valence-electron chi connectivity index (χ0n) is 18.9. The molecule has 1 aliphatic rings. The molecule has 3 heterocycles. The number of halogens is 3. The van der Waals surface area contributed by atoms with Gasteiger partial charge in [0, 0.05) is 29.9 Å². The molecule has 0 saturated heterocycles. The Balaban J connectivity index is 1.38. The highest BCUT2D eigenvalue weighted by Gasteiger charge is 2.26. The van der Waals surface area contributed by atoms with E-state index >= 15 is 0 Å². The summed E-state index contributed by atoms with van der Waals surface area (Å²) in [6, 6.07) is 6.66. The summed E-state index contributed by atoms with van der Waals surface area (Å²) in [6.07, 6.45) is 6.63. The minimum absolute atomic E-state index is 0.00507. The van der Waals surface area contributed by atoms with Gasteiger partial charge >= 0.3 is 0 Å². The van der Waals surface area contributed by atoms with Crippen LogP contribution >= 0.6 is 0 Å². The second-order valence-corrected chi connectivity index (χ2v) is 8.66. The molecule has 0 amide bonds. The third-order valence-corrected chi connectivity index (χ3v) is 6.27. The second kappa shape index (κ2) is 9.66. The third-order valence-electron chi connectivity index (χ3n) is 6.27. The zero-order chi connectivity index (χ0) is 25.2. The highest BCUT2D eigenvalue weighted by atomic mass is 19.3. The number of imidazole rings is 1. The van der Waals surface area contributed by atoms with E-state index in [1.54, 1.807) is 6.33 Å². The lowest BCUT2D eigenvalue weighted by atomic mass is 9.90. The first kappa shape index (κ1) is 23.3. The number of anilines is 1. The smallest absolute Gasteiger partial charge is 0.257 e. The van der Waals surface area contributed by atoms with Gasteiger partial charge in [0.2, 0.25) is 5.95 Å². The summed E-state index contributed by atoms with van der Waals surface area (Å²) in [7, 11) is 0. The maximum absolute atomic E-state index is 13.8. The Morgan fingerprint density at radius 2 is 1.94 bits per heavy atom. The first-order valence-corrected chi connectivity index (χ1v) is 11.4. The van der Waals surface area contributed by atoms with E-state index in [0.29, 0.717) is 34.7 Å². The van der Waals surface area contributed by atoms with E-state index in [2.05, 4.69) is 31.4 Å². The van der Waals surface area contributed by atoms with Crippen molar-refractivity contribution < 1.29 is 13.2 Å². The van der Waals surface area contributed by atoms with Gasteiger partial charge < -0.3 is 9.88 Å². The predicted molar refractivity (Wildman–Crippen MR) is 123 cm³/mol. The van der Waals surface area contributed by atoms with E-state index in [1.807, 2.05) is 10.6 Å². The standard InChI is InChI=1S/C24H20F3N9/c25-17-4-14(7-28)23-20(5-17)31-13-36(23)19-3-1-2-18(6-19)33-24-30-9-15(8-29)22(34-24)16-10-32-35(11-16)12-21(26)27/h4-5,9-11,13,18-19,21H,1-3,6,12H2,(H,30,33,34)/t18-,19+/m1/s1. The van der Waals surface area contributed by atoms with Crippen LogP contribution in [0.25, 0.3) is 22.3 Å². The fourth-order valence-corrected chi connectivity index (χ4v) is 4.71. The summed E-state index contributed by atoms with van der Waals surface area (Å²) >= 11 is 0. The highest BCUT2D eigenvalue weighted by Crippen LogP contribution is 2.34. The summed E-state index contributed by atoms with van der Waals surface area (Å²) in [5, 5.41) is 26.2. The molecule has 1 saturated carbocycles. The Morgan fingerprint density at radius 3 is 2.72 bits per heavy atom. The molecule has 0 bridgehead atoms. The molecule has 1 N–H and O–H groups in total. The van der Waals surface area contributed by atoms with Crippen LogP contribution in [0, 0.1) is 28.5 Å². The number of nitrogens with zero attached hydrogens (tertiary/aromatic N) is 8. The van der Waals surface area contributed by atoms with Gasteiger partial charge in [0.1, 0.15) is 24.5 Å². The summed E-state index contributed by atoms with van der Waals surface area (Å²) in [4.78, 5) is 13.0. The molecule has 0 aliphatic heterocycles. The molecular formula is C24H20F3N9. The first-order valence-electron chi connectivity index (χ1n) is 11.4. The monoisotopic (exact) mass is 491 g/mol. The summed E-state index contributed by atoms with van der Waals surface area (Å²) in [5.41, 5.74) is 2.26. The van der Waals surface area contributed by atoms with Crippen molar-refractivity contribution in [1.82, 2.24) is 29.3 Å². The number of rotatable bonds is 6. The first-order chi connectivity index (χ1) is 17.4. The van der Waals surface area contributed by atoms with Crippen LogP contribution in [0.1, 0.15) is 42.9 Å². The molecule has 0 unspecified atom stereocenters. The van der Waals surface area contributed by atoms with Crippen molar-refractivity contribution in [2.45, 2.75) is 50.7 Å². The van der Waals surface area contributed by atoms with Crippen molar-refractivity contribution in [2.24, 2.45) is 0 Å². The Labute approximate surface area is 203 Å². The van der Waals surface area contributed by atoms with Crippen LogP contribution in [0.2, 0.25) is 0 Å². The molecule has 3 aromatic heterocycles. The lowest BCUT2D eigenvalue weighted by Crippen LogP contribution is -2.29. The van der Waals surface area contributed by atoms with E-state index in [9.17, 15) is 23.7 Å². The van der Waals surface area contributed by atoms with Gasteiger partial charge in [-0.05, 0) is 31.7 Å². The molecule has 1 aromatic carbocycles. The minimum Gasteiger partial charge on any atom is -0.351 e. The number of hydrogen-bond donors (Lipinski definition) is 1. The molecule has 9 nitrogen and oxygen atoms in total. The molecule has 12 heteroatoms. The molecule has 36 heavy (non-hydrogen) atoms. The molecule has 1 fully saturated rings. The van der Waals surface area contributed by atoms with Gasteiger partial charge in [0.15, 0.2) is 0 Å². The van der Waals surface area contributed by atoms with Gasteiger partial charge in [-0.25, -0.2) is 28.1 Å². The van der Waals surface area contributed by atoms with E-state index in [4.69, 9.17) is 0 Å². The molecule has 0 radical (unpaired) electrons. The minimum atomic E-state index is -2.55. The zero-order valence-corrected chi connectivity index (χ0v) is 18.9. The average molecular weight is 491 g/mol. The Kier molecular flexibility index (Phi) is 6.25. The Bertz CT molecular complexity index is 1490. The predicted octanol–water partition coefficient (Wildman–Crippen LogP) is 4.43. The summed E-state index contributed by atoms with van der Waals surface area (Å²) < 4.78 is 42.3. The fraction of sp³-hybridized carbons (Fsp3) is 0.333. The van der Waals surface area contributed by atoms with E-state index in [-0.39, 0.29) is 23.2 Å². The van der Waals surface area contributed by atoms with Crippen LogP contribution < -0.4 is 5.32 Å². The van der Waals surface area contributed by atoms with Gasteiger partial charge in [-0.3, -0.25) is 4.68 Å². The lowest BCUT2D eigenvalue weighted by Gasteiger charge is -2.31. The van der Waals surface area contributed by atoms with E-state index in [1.165, 1.54) is 30.7 Å². The Hall–Kier alpha value is -4.45. The number of hydrogen-bond acceptors (Lipinski definition) is 7. The number of alkyl halides is 2. The summed E-state index contributed by atoms with van der Waals surface area (Å²) in [6.45, 7) is -0.551. The average Bonchev–Trinajstić information content (AvgIpc) is 3.50. The topological polar surface area (TPSA) is 121 Å². The van der Waals surface area contributed by atoms with Gasteiger partial charge in [-0.2, -0.15) is 15.6 Å². The largest absolute Gasteiger partial charge is 0.351 e. The lowest BCUT2D eigenvalue weighted by molar-refractivity contribution is 0.122. The molecule has 182 valence electrons. The molecule has 0 spiro atoms. The quantitative estimate of drug-likeness (QED) is 0.423. The third kappa shape index (κ3) is 4.58. The normalized spacial score (nSPS) is 17.7. The van der Waals surface area contributed by atoms with Crippen molar-refractivity contribution >= 4 is 17.0 Å². The van der Waals surface area contributed by atoms with E-state index < -0.39 is 18.8 Å². The second-order valence-electron chi connectivity index (χ2n) is 8.66. The van der Waals surface area contributed by atoms with E-state index in [0.717, 1.165) is 23.9 Å². The molecule has 5 rings (SSSR count). The van der Waals surface area contributed by atoms with Crippen molar-refractivity contribution in [2.75, 3.05) is 5.32 Å². The number of benzene rings is 1. The van der Waals surface area contributed by atoms with Gasteiger partial charge in [-0.1, -0.05) is 0 Å².